The lowest BCUT2D eigenvalue weighted by atomic mass is 10.2. The van der Waals surface area contributed by atoms with Gasteiger partial charge < -0.3 is 21.5 Å². The van der Waals surface area contributed by atoms with Crippen LogP contribution in [0, 0.1) is 0 Å². The number of aliphatic hydroxyl groups excluding tert-OH is 1. The summed E-state index contributed by atoms with van der Waals surface area (Å²) in [5, 5.41) is 20.9. The highest BCUT2D eigenvalue weighted by atomic mass is 35.5. The summed E-state index contributed by atoms with van der Waals surface area (Å²) in [6, 6.07) is 5.68. The lowest BCUT2D eigenvalue weighted by Crippen LogP contribution is -2.50. The molecule has 1 aromatic carbocycles. The Morgan fingerprint density at radius 1 is 1.16 bits per heavy atom. The predicted octanol–water partition coefficient (Wildman–Crippen LogP) is 3.37. The SMILES string of the molecule is CCC(CO)Nc1nc(NCc2c(N)cccc2Cl)c2c(n1)N(C(C)C)NN2C(C)C. The van der Waals surface area contributed by atoms with Crippen molar-refractivity contribution >= 4 is 40.6 Å². The van der Waals surface area contributed by atoms with Crippen LogP contribution >= 0.6 is 11.6 Å². The summed E-state index contributed by atoms with van der Waals surface area (Å²) in [5.74, 6) is 1.87. The van der Waals surface area contributed by atoms with Crippen LogP contribution < -0.4 is 31.9 Å². The Kier molecular flexibility index (Phi) is 7.30. The molecule has 1 atom stereocenters. The van der Waals surface area contributed by atoms with Crippen molar-refractivity contribution in [2.24, 2.45) is 0 Å². The number of nitrogens with one attached hydrogen (secondary N) is 3. The van der Waals surface area contributed by atoms with Crippen molar-refractivity contribution in [1.82, 2.24) is 15.5 Å². The molecule has 0 bridgehead atoms. The normalized spacial score (nSPS) is 14.4. The van der Waals surface area contributed by atoms with Gasteiger partial charge >= 0.3 is 0 Å². The monoisotopic (exact) mass is 448 g/mol. The molecule has 1 unspecified atom stereocenters. The number of nitrogens with two attached hydrogens (primary N) is 1. The second kappa shape index (κ2) is 9.76. The van der Waals surface area contributed by atoms with Gasteiger partial charge in [0.2, 0.25) is 5.95 Å². The molecule has 0 spiro atoms. The van der Waals surface area contributed by atoms with Crippen molar-refractivity contribution in [3.05, 3.63) is 28.8 Å². The number of halogens is 1. The van der Waals surface area contributed by atoms with Crippen molar-refractivity contribution < 1.29 is 5.11 Å². The molecule has 1 aliphatic rings. The number of aliphatic hydroxyl groups is 1. The summed E-state index contributed by atoms with van der Waals surface area (Å²) in [6.07, 6.45) is 0.750. The molecule has 0 aliphatic carbocycles. The molecular formula is C21H33ClN8O. The predicted molar refractivity (Wildman–Crippen MR) is 128 cm³/mol. The van der Waals surface area contributed by atoms with E-state index in [1.807, 2.05) is 35.1 Å². The van der Waals surface area contributed by atoms with Crippen LogP contribution in [0.4, 0.5) is 29.0 Å². The van der Waals surface area contributed by atoms with Gasteiger partial charge in [-0.25, -0.2) is 0 Å². The standard InChI is InChI=1S/C21H33ClN8O/c1-6-14(11-31)25-21-26-19(24-10-15-16(22)8-7-9-17(15)23)18-20(27-21)30(13(4)5)28-29(18)12(2)3/h7-9,12-14,28,31H,6,10-11,23H2,1-5H3,(H2,24,25,26,27). The van der Waals surface area contributed by atoms with Crippen LogP contribution in [0.2, 0.25) is 5.02 Å². The molecule has 9 nitrogen and oxygen atoms in total. The number of anilines is 5. The Labute approximate surface area is 188 Å². The molecule has 10 heteroatoms. The maximum absolute atomic E-state index is 9.63. The van der Waals surface area contributed by atoms with E-state index in [0.717, 1.165) is 23.5 Å². The van der Waals surface area contributed by atoms with Gasteiger partial charge in [-0.15, -0.1) is 5.53 Å². The van der Waals surface area contributed by atoms with E-state index in [4.69, 9.17) is 27.3 Å². The molecule has 0 amide bonds. The maximum atomic E-state index is 9.63. The zero-order valence-corrected chi connectivity index (χ0v) is 19.5. The van der Waals surface area contributed by atoms with Crippen molar-refractivity contribution in [3.8, 4) is 0 Å². The number of aromatic nitrogens is 2. The van der Waals surface area contributed by atoms with Crippen molar-refractivity contribution in [1.29, 1.82) is 0 Å². The van der Waals surface area contributed by atoms with E-state index in [2.05, 4.69) is 43.9 Å². The van der Waals surface area contributed by atoms with Crippen LogP contribution in [-0.2, 0) is 6.54 Å². The number of hydrogen-bond donors (Lipinski definition) is 5. The molecule has 2 heterocycles. The third-order valence-electron chi connectivity index (χ3n) is 5.22. The van der Waals surface area contributed by atoms with E-state index in [1.165, 1.54) is 0 Å². The van der Waals surface area contributed by atoms with Crippen LogP contribution in [0.25, 0.3) is 0 Å². The molecule has 0 saturated heterocycles. The number of rotatable bonds is 9. The molecule has 1 aromatic heterocycles. The molecule has 0 saturated carbocycles. The smallest absolute Gasteiger partial charge is 0.227 e. The fraction of sp³-hybridized carbons (Fsp3) is 0.524. The average molecular weight is 449 g/mol. The van der Waals surface area contributed by atoms with Gasteiger partial charge in [0, 0.05) is 34.9 Å². The molecule has 3 rings (SSSR count). The topological polar surface area (TPSA) is 115 Å². The number of nitrogens with zero attached hydrogens (tertiary/aromatic N) is 4. The number of nitrogen functional groups attached to an aromatic ring is 1. The summed E-state index contributed by atoms with van der Waals surface area (Å²) in [4.78, 5) is 9.52. The van der Waals surface area contributed by atoms with Crippen LogP contribution in [-0.4, -0.2) is 39.8 Å². The van der Waals surface area contributed by atoms with E-state index in [9.17, 15) is 5.11 Å². The van der Waals surface area contributed by atoms with Gasteiger partial charge in [-0.1, -0.05) is 24.6 Å². The zero-order chi connectivity index (χ0) is 22.7. The first-order valence-electron chi connectivity index (χ1n) is 10.7. The first-order valence-corrected chi connectivity index (χ1v) is 11.0. The number of hydrogen-bond acceptors (Lipinski definition) is 9. The van der Waals surface area contributed by atoms with Crippen molar-refractivity contribution in [3.63, 3.8) is 0 Å². The highest BCUT2D eigenvalue weighted by Crippen LogP contribution is 2.40. The van der Waals surface area contributed by atoms with Crippen LogP contribution in [0.3, 0.4) is 0 Å². The molecule has 2 aromatic rings. The highest BCUT2D eigenvalue weighted by Gasteiger charge is 2.35. The van der Waals surface area contributed by atoms with E-state index in [1.54, 1.807) is 0 Å². The third-order valence-corrected chi connectivity index (χ3v) is 5.57. The fourth-order valence-corrected chi connectivity index (χ4v) is 3.61. The van der Waals surface area contributed by atoms with Crippen LogP contribution in [0.1, 0.15) is 46.6 Å². The average Bonchev–Trinajstić information content (AvgIpc) is 3.12. The number of fused-ring (bicyclic) bond motifs is 1. The Hall–Kier alpha value is -2.49. The summed E-state index contributed by atoms with van der Waals surface area (Å²) < 4.78 is 0. The number of benzene rings is 1. The van der Waals surface area contributed by atoms with Crippen LogP contribution in [0.5, 0.6) is 0 Å². The van der Waals surface area contributed by atoms with E-state index < -0.39 is 0 Å². The largest absolute Gasteiger partial charge is 0.398 e. The zero-order valence-electron chi connectivity index (χ0n) is 18.8. The van der Waals surface area contributed by atoms with Gasteiger partial charge in [0.15, 0.2) is 11.6 Å². The Balaban J connectivity index is 2.04. The van der Waals surface area contributed by atoms with E-state index >= 15 is 0 Å². The summed E-state index contributed by atoms with van der Waals surface area (Å²) in [6.45, 7) is 10.8. The Bertz CT molecular complexity index is 883. The minimum atomic E-state index is -0.131. The first kappa shape index (κ1) is 23.2. The van der Waals surface area contributed by atoms with Gasteiger partial charge in [-0.05, 0) is 46.2 Å². The van der Waals surface area contributed by atoms with Gasteiger partial charge in [-0.2, -0.15) is 9.97 Å². The molecule has 31 heavy (non-hydrogen) atoms. The third kappa shape index (κ3) is 4.89. The quantitative estimate of drug-likeness (QED) is 0.368. The summed E-state index contributed by atoms with van der Waals surface area (Å²) in [5.41, 5.74) is 11.9. The first-order chi connectivity index (χ1) is 14.8. The maximum Gasteiger partial charge on any atom is 0.227 e. The fourth-order valence-electron chi connectivity index (χ4n) is 3.36. The summed E-state index contributed by atoms with van der Waals surface area (Å²) in [7, 11) is 0. The van der Waals surface area contributed by atoms with E-state index in [0.29, 0.717) is 29.0 Å². The second-order valence-electron chi connectivity index (χ2n) is 8.19. The van der Waals surface area contributed by atoms with Gasteiger partial charge in [-0.3, -0.25) is 10.0 Å². The number of hydrazine groups is 2. The van der Waals surface area contributed by atoms with Crippen molar-refractivity contribution in [2.75, 3.05) is 33.0 Å². The minimum Gasteiger partial charge on any atom is -0.398 e. The lowest BCUT2D eigenvalue weighted by molar-refractivity contribution is 0.271. The molecule has 1 aliphatic heterocycles. The Morgan fingerprint density at radius 2 is 1.87 bits per heavy atom. The molecule has 170 valence electrons. The molecule has 0 radical (unpaired) electrons. The summed E-state index contributed by atoms with van der Waals surface area (Å²) >= 11 is 6.37. The lowest BCUT2D eigenvalue weighted by Gasteiger charge is -2.27. The molecule has 6 N–H and O–H groups in total. The molecular weight excluding hydrogens is 416 g/mol. The van der Waals surface area contributed by atoms with Crippen LogP contribution in [0.15, 0.2) is 18.2 Å². The minimum absolute atomic E-state index is 0.000126. The molecule has 0 fully saturated rings. The van der Waals surface area contributed by atoms with E-state index in [-0.39, 0.29) is 24.7 Å². The van der Waals surface area contributed by atoms with Gasteiger partial charge in [0.05, 0.1) is 12.6 Å². The Morgan fingerprint density at radius 3 is 2.45 bits per heavy atom. The highest BCUT2D eigenvalue weighted by molar-refractivity contribution is 6.31. The second-order valence-corrected chi connectivity index (χ2v) is 8.60. The van der Waals surface area contributed by atoms with Crippen molar-refractivity contribution in [2.45, 2.75) is 65.7 Å². The van der Waals surface area contributed by atoms with Gasteiger partial charge in [0.25, 0.3) is 0 Å². The van der Waals surface area contributed by atoms with Gasteiger partial charge in [0.1, 0.15) is 5.69 Å².